The third kappa shape index (κ3) is 5.04. The standard InChI is InChI=1S/C13H24N2O3/c1-4-18-13(17)9-12(16)15(3)8-6-11-5-7-14(2)10-11/h11H,4-10H2,1-3H3. The van der Waals surface area contributed by atoms with E-state index in [9.17, 15) is 9.59 Å². The Bertz CT molecular complexity index is 294. The molecule has 0 radical (unpaired) electrons. The molecule has 1 atom stereocenters. The molecular weight excluding hydrogens is 232 g/mol. The van der Waals surface area contributed by atoms with Gasteiger partial charge in [0.2, 0.25) is 5.91 Å². The number of hydrogen-bond acceptors (Lipinski definition) is 4. The van der Waals surface area contributed by atoms with Crippen LogP contribution in [0.2, 0.25) is 0 Å². The number of carbonyl (C=O) groups is 2. The predicted molar refractivity (Wildman–Crippen MR) is 69.1 cm³/mol. The zero-order chi connectivity index (χ0) is 13.5. The molecule has 0 aliphatic carbocycles. The highest BCUT2D eigenvalue weighted by Crippen LogP contribution is 2.18. The van der Waals surface area contributed by atoms with Crippen LogP contribution in [0.1, 0.15) is 26.2 Å². The Balaban J connectivity index is 2.21. The predicted octanol–water partition coefficient (Wildman–Crippen LogP) is 0.740. The van der Waals surface area contributed by atoms with Crippen molar-refractivity contribution in [2.24, 2.45) is 5.92 Å². The van der Waals surface area contributed by atoms with Crippen molar-refractivity contribution >= 4 is 11.9 Å². The molecule has 1 heterocycles. The molecule has 1 fully saturated rings. The summed E-state index contributed by atoms with van der Waals surface area (Å²) in [6.45, 7) is 5.04. The highest BCUT2D eigenvalue weighted by molar-refractivity contribution is 5.94. The first-order chi connectivity index (χ1) is 8.52. The maximum Gasteiger partial charge on any atom is 0.315 e. The fraction of sp³-hybridized carbons (Fsp3) is 0.846. The Morgan fingerprint density at radius 2 is 2.17 bits per heavy atom. The van der Waals surface area contributed by atoms with E-state index >= 15 is 0 Å². The van der Waals surface area contributed by atoms with Gasteiger partial charge in [-0.2, -0.15) is 0 Å². The number of hydrogen-bond donors (Lipinski definition) is 0. The van der Waals surface area contributed by atoms with Gasteiger partial charge in [-0.3, -0.25) is 9.59 Å². The van der Waals surface area contributed by atoms with Crippen molar-refractivity contribution < 1.29 is 14.3 Å². The van der Waals surface area contributed by atoms with Crippen molar-refractivity contribution in [3.8, 4) is 0 Å². The van der Waals surface area contributed by atoms with Crippen LogP contribution in [-0.2, 0) is 14.3 Å². The van der Waals surface area contributed by atoms with Crippen LogP contribution in [-0.4, -0.2) is 62.0 Å². The summed E-state index contributed by atoms with van der Waals surface area (Å²) in [7, 11) is 3.87. The molecule has 0 bridgehead atoms. The second-order valence-electron chi connectivity index (χ2n) is 5.00. The number of esters is 1. The first-order valence-electron chi connectivity index (χ1n) is 6.61. The summed E-state index contributed by atoms with van der Waals surface area (Å²) in [6.07, 6.45) is 2.07. The fourth-order valence-corrected chi connectivity index (χ4v) is 2.23. The maximum atomic E-state index is 11.7. The maximum absolute atomic E-state index is 11.7. The summed E-state index contributed by atoms with van der Waals surface area (Å²) in [4.78, 5) is 26.8. The first kappa shape index (κ1) is 15.0. The van der Waals surface area contributed by atoms with Crippen molar-refractivity contribution in [1.29, 1.82) is 0 Å². The highest BCUT2D eigenvalue weighted by atomic mass is 16.5. The number of amides is 1. The molecular formula is C13H24N2O3. The number of ether oxygens (including phenoxy) is 1. The van der Waals surface area contributed by atoms with Gasteiger partial charge in [-0.05, 0) is 39.3 Å². The summed E-state index contributed by atoms with van der Waals surface area (Å²) in [6, 6.07) is 0. The molecule has 0 aromatic carbocycles. The largest absolute Gasteiger partial charge is 0.466 e. The van der Waals surface area contributed by atoms with Crippen LogP contribution in [0.15, 0.2) is 0 Å². The first-order valence-corrected chi connectivity index (χ1v) is 6.61. The SMILES string of the molecule is CCOC(=O)CC(=O)N(C)CCC1CCN(C)C1. The highest BCUT2D eigenvalue weighted by Gasteiger charge is 2.21. The van der Waals surface area contributed by atoms with E-state index in [2.05, 4.69) is 11.9 Å². The molecule has 5 heteroatoms. The van der Waals surface area contributed by atoms with E-state index in [4.69, 9.17) is 4.74 Å². The number of carbonyl (C=O) groups excluding carboxylic acids is 2. The van der Waals surface area contributed by atoms with Gasteiger partial charge in [0.1, 0.15) is 6.42 Å². The third-order valence-corrected chi connectivity index (χ3v) is 3.39. The molecule has 0 N–H and O–H groups in total. The molecule has 0 aromatic heterocycles. The van der Waals surface area contributed by atoms with E-state index < -0.39 is 5.97 Å². The van der Waals surface area contributed by atoms with Crippen LogP contribution in [0.4, 0.5) is 0 Å². The van der Waals surface area contributed by atoms with Crippen molar-refractivity contribution in [3.05, 3.63) is 0 Å². The number of rotatable bonds is 6. The molecule has 104 valence electrons. The molecule has 1 aliphatic rings. The number of nitrogens with zero attached hydrogens (tertiary/aromatic N) is 2. The summed E-state index contributed by atoms with van der Waals surface area (Å²) >= 11 is 0. The van der Waals surface area contributed by atoms with Crippen LogP contribution >= 0.6 is 0 Å². The molecule has 5 nitrogen and oxygen atoms in total. The average molecular weight is 256 g/mol. The van der Waals surface area contributed by atoms with E-state index in [1.54, 1.807) is 18.9 Å². The molecule has 0 aromatic rings. The summed E-state index contributed by atoms with van der Waals surface area (Å²) < 4.78 is 4.76. The van der Waals surface area contributed by atoms with Crippen LogP contribution in [0.5, 0.6) is 0 Å². The van der Waals surface area contributed by atoms with E-state index in [-0.39, 0.29) is 12.3 Å². The lowest BCUT2D eigenvalue weighted by molar-refractivity contribution is -0.148. The molecule has 1 amide bonds. The fourth-order valence-electron chi connectivity index (χ4n) is 2.23. The summed E-state index contributed by atoms with van der Waals surface area (Å²) in [5.74, 6) is 0.0857. The minimum atomic E-state index is -0.435. The summed E-state index contributed by atoms with van der Waals surface area (Å²) in [5, 5.41) is 0. The van der Waals surface area contributed by atoms with Gasteiger partial charge in [-0.1, -0.05) is 0 Å². The van der Waals surface area contributed by atoms with Gasteiger partial charge in [-0.15, -0.1) is 0 Å². The van der Waals surface area contributed by atoms with Gasteiger partial charge in [0.15, 0.2) is 0 Å². The normalized spacial score (nSPS) is 19.8. The van der Waals surface area contributed by atoms with Crippen LogP contribution < -0.4 is 0 Å². The van der Waals surface area contributed by atoms with E-state index in [0.29, 0.717) is 12.5 Å². The Hall–Kier alpha value is -1.10. The van der Waals surface area contributed by atoms with Gasteiger partial charge in [0.05, 0.1) is 6.61 Å². The summed E-state index contributed by atoms with van der Waals surface area (Å²) in [5.41, 5.74) is 0. The zero-order valence-corrected chi connectivity index (χ0v) is 11.6. The lowest BCUT2D eigenvalue weighted by Gasteiger charge is -2.19. The van der Waals surface area contributed by atoms with Gasteiger partial charge < -0.3 is 14.5 Å². The molecule has 0 spiro atoms. The van der Waals surface area contributed by atoms with Crippen molar-refractivity contribution in [2.45, 2.75) is 26.2 Å². The van der Waals surface area contributed by atoms with Crippen molar-refractivity contribution in [2.75, 3.05) is 40.3 Å². The second kappa shape index (κ2) is 7.36. The molecule has 1 aliphatic heterocycles. The Morgan fingerprint density at radius 3 is 2.72 bits per heavy atom. The van der Waals surface area contributed by atoms with Crippen LogP contribution in [0, 0.1) is 5.92 Å². The lowest BCUT2D eigenvalue weighted by atomic mass is 10.0. The molecule has 1 unspecified atom stereocenters. The third-order valence-electron chi connectivity index (χ3n) is 3.39. The van der Waals surface area contributed by atoms with Gasteiger partial charge in [0, 0.05) is 20.1 Å². The van der Waals surface area contributed by atoms with E-state index in [1.165, 1.54) is 6.42 Å². The monoisotopic (exact) mass is 256 g/mol. The van der Waals surface area contributed by atoms with Crippen molar-refractivity contribution in [3.63, 3.8) is 0 Å². The second-order valence-corrected chi connectivity index (χ2v) is 5.00. The quantitative estimate of drug-likeness (QED) is 0.519. The molecule has 0 saturated carbocycles. The van der Waals surface area contributed by atoms with E-state index in [1.807, 2.05) is 0 Å². The molecule has 1 rings (SSSR count). The Labute approximate surface area is 109 Å². The minimum Gasteiger partial charge on any atom is -0.466 e. The van der Waals surface area contributed by atoms with Gasteiger partial charge in [0.25, 0.3) is 0 Å². The van der Waals surface area contributed by atoms with Gasteiger partial charge >= 0.3 is 5.97 Å². The van der Waals surface area contributed by atoms with Crippen molar-refractivity contribution in [1.82, 2.24) is 9.80 Å². The van der Waals surface area contributed by atoms with Crippen LogP contribution in [0.3, 0.4) is 0 Å². The molecule has 1 saturated heterocycles. The Morgan fingerprint density at radius 1 is 1.44 bits per heavy atom. The molecule has 18 heavy (non-hydrogen) atoms. The zero-order valence-electron chi connectivity index (χ0n) is 11.6. The van der Waals surface area contributed by atoms with Gasteiger partial charge in [-0.25, -0.2) is 0 Å². The minimum absolute atomic E-state index is 0.144. The smallest absolute Gasteiger partial charge is 0.315 e. The van der Waals surface area contributed by atoms with Crippen LogP contribution in [0.25, 0.3) is 0 Å². The van der Waals surface area contributed by atoms with E-state index in [0.717, 1.165) is 26.1 Å². The topological polar surface area (TPSA) is 49.9 Å². The Kier molecular flexibility index (Phi) is 6.12. The number of likely N-dealkylation sites (tertiary alicyclic amines) is 1. The lowest BCUT2D eigenvalue weighted by Crippen LogP contribution is -2.31. The average Bonchev–Trinajstić information content (AvgIpc) is 2.72.